The number of methoxy groups -OCH3 is 1. The van der Waals surface area contributed by atoms with Crippen molar-refractivity contribution in [3.05, 3.63) is 22.2 Å². The van der Waals surface area contributed by atoms with Gasteiger partial charge in [-0.25, -0.2) is 0 Å². The first-order chi connectivity index (χ1) is 9.93. The maximum absolute atomic E-state index is 12.2. The molecule has 1 rings (SSSR count). The van der Waals surface area contributed by atoms with Crippen molar-refractivity contribution in [3.63, 3.8) is 0 Å². The number of nitrogens with one attached hydrogen (secondary N) is 2. The summed E-state index contributed by atoms with van der Waals surface area (Å²) in [6, 6.07) is 2.55. The molecule has 9 heteroatoms. The summed E-state index contributed by atoms with van der Waals surface area (Å²) in [6.45, 7) is -1.98. The quantitative estimate of drug-likeness (QED) is 0.713. The average Bonchev–Trinajstić information content (AvgIpc) is 2.39. The number of alkyl halides is 2. The zero-order valence-electron chi connectivity index (χ0n) is 11.1. The minimum absolute atomic E-state index is 0.0634. The van der Waals surface area contributed by atoms with Gasteiger partial charge in [0, 0.05) is 19.3 Å². The van der Waals surface area contributed by atoms with Gasteiger partial charge in [-0.05, 0) is 12.1 Å². The molecular formula is C12H14Cl2F2N2O3. The van der Waals surface area contributed by atoms with Crippen molar-refractivity contribution in [2.75, 3.05) is 32.1 Å². The van der Waals surface area contributed by atoms with E-state index in [-0.39, 0.29) is 33.9 Å². The van der Waals surface area contributed by atoms with E-state index in [4.69, 9.17) is 27.9 Å². The summed E-state index contributed by atoms with van der Waals surface area (Å²) in [4.78, 5) is 11.6. The molecule has 1 aromatic carbocycles. The van der Waals surface area contributed by atoms with Gasteiger partial charge in [0.1, 0.15) is 0 Å². The van der Waals surface area contributed by atoms with Crippen molar-refractivity contribution in [1.29, 1.82) is 0 Å². The lowest BCUT2D eigenvalue weighted by Gasteiger charge is -2.12. The normalized spacial score (nSPS) is 10.8. The fourth-order valence-electron chi connectivity index (χ4n) is 1.42. The number of rotatable bonds is 8. The summed E-state index contributed by atoms with van der Waals surface area (Å²) in [6.07, 6.45) is 0. The monoisotopic (exact) mass is 342 g/mol. The molecule has 5 nitrogen and oxygen atoms in total. The minimum atomic E-state index is -3.04. The third-order valence-electron chi connectivity index (χ3n) is 2.26. The average molecular weight is 343 g/mol. The molecule has 0 aliphatic rings. The van der Waals surface area contributed by atoms with Crippen LogP contribution in [0.25, 0.3) is 0 Å². The van der Waals surface area contributed by atoms with E-state index in [1.54, 1.807) is 7.11 Å². The van der Waals surface area contributed by atoms with Crippen LogP contribution >= 0.6 is 23.2 Å². The highest BCUT2D eigenvalue weighted by atomic mass is 35.5. The second kappa shape index (κ2) is 8.99. The van der Waals surface area contributed by atoms with Crippen LogP contribution in [0.2, 0.25) is 10.0 Å². The zero-order valence-corrected chi connectivity index (χ0v) is 12.6. The highest BCUT2D eigenvalue weighted by Crippen LogP contribution is 2.36. The van der Waals surface area contributed by atoms with Gasteiger partial charge in [0.2, 0.25) is 5.91 Å². The summed E-state index contributed by atoms with van der Waals surface area (Å²) in [5.41, 5.74) is 0.283. The van der Waals surface area contributed by atoms with E-state index >= 15 is 0 Å². The fourth-order valence-corrected chi connectivity index (χ4v) is 1.99. The van der Waals surface area contributed by atoms with Crippen molar-refractivity contribution in [2.45, 2.75) is 6.61 Å². The highest BCUT2D eigenvalue weighted by Gasteiger charge is 2.15. The topological polar surface area (TPSA) is 59.6 Å². The summed E-state index contributed by atoms with van der Waals surface area (Å²) < 4.78 is 33.3. The Morgan fingerprint density at radius 3 is 2.48 bits per heavy atom. The molecule has 0 atom stereocenters. The molecule has 0 bridgehead atoms. The maximum Gasteiger partial charge on any atom is 0.387 e. The van der Waals surface area contributed by atoms with Crippen molar-refractivity contribution >= 4 is 34.8 Å². The van der Waals surface area contributed by atoms with Gasteiger partial charge in [-0.1, -0.05) is 23.2 Å². The van der Waals surface area contributed by atoms with E-state index < -0.39 is 6.61 Å². The van der Waals surface area contributed by atoms with Gasteiger partial charge in [-0.15, -0.1) is 0 Å². The molecule has 0 saturated heterocycles. The first-order valence-electron chi connectivity index (χ1n) is 5.87. The van der Waals surface area contributed by atoms with Gasteiger partial charge >= 0.3 is 6.61 Å². The number of carbonyl (C=O) groups is 1. The summed E-state index contributed by atoms with van der Waals surface area (Å²) in [5.74, 6) is -0.662. The van der Waals surface area contributed by atoms with Gasteiger partial charge in [-0.3, -0.25) is 4.79 Å². The molecule has 1 aromatic rings. The molecule has 0 fully saturated rings. The van der Waals surface area contributed by atoms with Crippen LogP contribution in [-0.2, 0) is 9.53 Å². The Labute approximate surface area is 130 Å². The van der Waals surface area contributed by atoms with Gasteiger partial charge in [-0.2, -0.15) is 8.78 Å². The van der Waals surface area contributed by atoms with Gasteiger partial charge in [0.05, 0.1) is 23.2 Å². The number of benzene rings is 1. The van der Waals surface area contributed by atoms with Crippen molar-refractivity contribution < 1.29 is 23.0 Å². The molecule has 21 heavy (non-hydrogen) atoms. The molecule has 0 aromatic heterocycles. The molecule has 0 spiro atoms. The third kappa shape index (κ3) is 6.43. The number of anilines is 1. The number of hydrogen-bond donors (Lipinski definition) is 2. The van der Waals surface area contributed by atoms with Gasteiger partial charge in [0.25, 0.3) is 0 Å². The van der Waals surface area contributed by atoms with Crippen LogP contribution in [0.15, 0.2) is 12.1 Å². The molecule has 118 valence electrons. The SMILES string of the molecule is COCCNCC(=O)Nc1cc(Cl)c(OC(F)F)c(Cl)c1. The van der Waals surface area contributed by atoms with E-state index in [9.17, 15) is 13.6 Å². The lowest BCUT2D eigenvalue weighted by molar-refractivity contribution is -0.115. The van der Waals surface area contributed by atoms with E-state index in [1.807, 2.05) is 0 Å². The Morgan fingerprint density at radius 2 is 1.95 bits per heavy atom. The van der Waals surface area contributed by atoms with Crippen LogP contribution in [0.1, 0.15) is 0 Å². The first kappa shape index (κ1) is 17.9. The molecular weight excluding hydrogens is 329 g/mol. The Balaban J connectivity index is 2.62. The van der Waals surface area contributed by atoms with Crippen molar-refractivity contribution in [2.24, 2.45) is 0 Å². The molecule has 0 unspecified atom stereocenters. The number of ether oxygens (including phenoxy) is 2. The van der Waals surface area contributed by atoms with Crippen molar-refractivity contribution in [3.8, 4) is 5.75 Å². The molecule has 0 aliphatic carbocycles. The molecule has 0 heterocycles. The summed E-state index contributed by atoms with van der Waals surface area (Å²) >= 11 is 11.6. The van der Waals surface area contributed by atoms with Crippen LogP contribution in [-0.4, -0.2) is 39.3 Å². The van der Waals surface area contributed by atoms with Gasteiger partial charge in [0.15, 0.2) is 5.75 Å². The van der Waals surface area contributed by atoms with Crippen LogP contribution in [0.4, 0.5) is 14.5 Å². The lowest BCUT2D eigenvalue weighted by atomic mass is 10.3. The summed E-state index contributed by atoms with van der Waals surface area (Å²) in [5, 5.41) is 5.13. The maximum atomic E-state index is 12.2. The van der Waals surface area contributed by atoms with Crippen molar-refractivity contribution in [1.82, 2.24) is 5.32 Å². The molecule has 1 amide bonds. The first-order valence-corrected chi connectivity index (χ1v) is 6.63. The van der Waals surface area contributed by atoms with Crippen LogP contribution in [0, 0.1) is 0 Å². The number of carbonyl (C=O) groups excluding carboxylic acids is 1. The minimum Gasteiger partial charge on any atom is -0.432 e. The second-order valence-electron chi connectivity index (χ2n) is 3.87. The van der Waals surface area contributed by atoms with Gasteiger partial charge < -0.3 is 20.1 Å². The van der Waals surface area contributed by atoms with Crippen LogP contribution in [0.3, 0.4) is 0 Å². The Hall–Kier alpha value is -1.15. The molecule has 0 radical (unpaired) electrons. The number of halogens is 4. The standard InChI is InChI=1S/C12H14Cl2F2N2O3/c1-20-3-2-17-6-10(19)18-7-4-8(13)11(9(14)5-7)21-12(15)16/h4-5,12,17H,2-3,6H2,1H3,(H,18,19). The van der Waals surface area contributed by atoms with E-state index in [2.05, 4.69) is 15.4 Å². The predicted octanol–water partition coefficient (Wildman–Crippen LogP) is 2.77. The smallest absolute Gasteiger partial charge is 0.387 e. The highest BCUT2D eigenvalue weighted by molar-refractivity contribution is 6.37. The van der Waals surface area contributed by atoms with Crippen LogP contribution in [0.5, 0.6) is 5.75 Å². The largest absolute Gasteiger partial charge is 0.432 e. The predicted molar refractivity (Wildman–Crippen MR) is 76.5 cm³/mol. The Kier molecular flexibility index (Phi) is 7.66. The van der Waals surface area contributed by atoms with E-state index in [1.165, 1.54) is 12.1 Å². The lowest BCUT2D eigenvalue weighted by Crippen LogP contribution is -2.30. The fraction of sp³-hybridized carbons (Fsp3) is 0.417. The molecule has 0 saturated carbocycles. The molecule has 0 aliphatic heterocycles. The van der Waals surface area contributed by atoms with Crippen LogP contribution < -0.4 is 15.4 Å². The Bertz CT molecular complexity index is 467. The molecule has 2 N–H and O–H groups in total. The van der Waals surface area contributed by atoms with E-state index in [0.29, 0.717) is 13.2 Å². The summed E-state index contributed by atoms with van der Waals surface area (Å²) in [7, 11) is 1.55. The zero-order chi connectivity index (χ0) is 15.8. The Morgan fingerprint density at radius 1 is 1.33 bits per heavy atom. The van der Waals surface area contributed by atoms with E-state index in [0.717, 1.165) is 0 Å². The second-order valence-corrected chi connectivity index (χ2v) is 4.68. The number of amides is 1. The number of hydrogen-bond acceptors (Lipinski definition) is 4. The third-order valence-corrected chi connectivity index (χ3v) is 2.82.